The van der Waals surface area contributed by atoms with E-state index in [1.54, 1.807) is 12.1 Å². The second kappa shape index (κ2) is 6.70. The molecule has 102 valence electrons. The largest absolute Gasteiger partial charge is 0.381 e. The summed E-state index contributed by atoms with van der Waals surface area (Å²) < 4.78 is 5.14. The standard InChI is InChI=1S/C12H14ClN3O2S/c13-9-2-1-3-10(6-9)14-12(19)16-15-11(17)8-4-5-18-7-8/h1-3,6,8H,4-5,7H2,(H,15,17)(H2,14,16,19). The Labute approximate surface area is 121 Å². The molecule has 0 spiro atoms. The molecule has 5 nitrogen and oxygen atoms in total. The van der Waals surface area contributed by atoms with Gasteiger partial charge < -0.3 is 10.1 Å². The van der Waals surface area contributed by atoms with Crippen molar-refractivity contribution in [2.45, 2.75) is 6.42 Å². The zero-order chi connectivity index (χ0) is 13.7. The Morgan fingerprint density at radius 3 is 2.95 bits per heavy atom. The van der Waals surface area contributed by atoms with Gasteiger partial charge in [0, 0.05) is 17.3 Å². The van der Waals surface area contributed by atoms with Gasteiger partial charge >= 0.3 is 0 Å². The number of hydrazine groups is 1. The Bertz CT molecular complexity index is 478. The normalized spacial score (nSPS) is 17.8. The Morgan fingerprint density at radius 2 is 2.26 bits per heavy atom. The third kappa shape index (κ3) is 4.34. The molecule has 19 heavy (non-hydrogen) atoms. The van der Waals surface area contributed by atoms with Crippen LogP contribution in [-0.4, -0.2) is 24.2 Å². The molecule has 1 aromatic rings. The predicted octanol–water partition coefficient (Wildman–Crippen LogP) is 1.69. The fourth-order valence-electron chi connectivity index (χ4n) is 1.69. The summed E-state index contributed by atoms with van der Waals surface area (Å²) in [5.41, 5.74) is 5.96. The molecule has 1 unspecified atom stereocenters. The Balaban J connectivity index is 1.76. The number of hydrogen-bond donors (Lipinski definition) is 3. The number of rotatable bonds is 2. The first kappa shape index (κ1) is 14.0. The van der Waals surface area contributed by atoms with Crippen LogP contribution in [0.2, 0.25) is 5.02 Å². The zero-order valence-corrected chi connectivity index (χ0v) is 11.7. The van der Waals surface area contributed by atoms with Gasteiger partial charge in [0.2, 0.25) is 5.91 Å². The van der Waals surface area contributed by atoms with Gasteiger partial charge in [0.1, 0.15) is 0 Å². The highest BCUT2D eigenvalue weighted by Crippen LogP contribution is 2.14. The van der Waals surface area contributed by atoms with Crippen LogP contribution in [0.3, 0.4) is 0 Å². The summed E-state index contributed by atoms with van der Waals surface area (Å²) in [6.07, 6.45) is 0.738. The van der Waals surface area contributed by atoms with Crippen LogP contribution in [0, 0.1) is 5.92 Å². The molecular weight excluding hydrogens is 286 g/mol. The topological polar surface area (TPSA) is 62.4 Å². The van der Waals surface area contributed by atoms with Crippen LogP contribution in [0.1, 0.15) is 6.42 Å². The first-order valence-corrected chi connectivity index (χ1v) is 6.64. The third-order valence-electron chi connectivity index (χ3n) is 2.68. The molecule has 1 aromatic carbocycles. The summed E-state index contributed by atoms with van der Waals surface area (Å²) in [6.45, 7) is 1.09. The Hall–Kier alpha value is -1.37. The van der Waals surface area contributed by atoms with E-state index in [1.807, 2.05) is 12.1 Å². The highest BCUT2D eigenvalue weighted by molar-refractivity contribution is 7.80. The van der Waals surface area contributed by atoms with E-state index < -0.39 is 0 Å². The minimum Gasteiger partial charge on any atom is -0.381 e. The first-order chi connectivity index (χ1) is 9.15. The molecule has 1 saturated heterocycles. The summed E-state index contributed by atoms with van der Waals surface area (Å²) >= 11 is 10.9. The number of thiocarbonyl (C=S) groups is 1. The molecule has 0 aliphatic carbocycles. The minimum atomic E-state index is -0.118. The molecule has 1 fully saturated rings. The number of amides is 1. The van der Waals surface area contributed by atoms with Gasteiger partial charge in [-0.1, -0.05) is 17.7 Å². The maximum atomic E-state index is 11.7. The van der Waals surface area contributed by atoms with Crippen LogP contribution in [-0.2, 0) is 9.53 Å². The summed E-state index contributed by atoms with van der Waals surface area (Å²) in [6, 6.07) is 7.14. The number of hydrogen-bond acceptors (Lipinski definition) is 3. The van der Waals surface area contributed by atoms with Crippen molar-refractivity contribution in [3.8, 4) is 0 Å². The van der Waals surface area contributed by atoms with Crippen molar-refractivity contribution in [3.05, 3.63) is 29.3 Å². The van der Waals surface area contributed by atoms with Crippen LogP contribution in [0.4, 0.5) is 5.69 Å². The number of benzene rings is 1. The molecule has 7 heteroatoms. The van der Waals surface area contributed by atoms with Gasteiger partial charge in [0.05, 0.1) is 12.5 Å². The monoisotopic (exact) mass is 299 g/mol. The number of carbonyl (C=O) groups excluding carboxylic acids is 1. The highest BCUT2D eigenvalue weighted by atomic mass is 35.5. The summed E-state index contributed by atoms with van der Waals surface area (Å²) in [4.78, 5) is 11.7. The smallest absolute Gasteiger partial charge is 0.243 e. The molecule has 1 amide bonds. The molecule has 0 bridgehead atoms. The van der Waals surface area contributed by atoms with Crippen LogP contribution in [0.5, 0.6) is 0 Å². The lowest BCUT2D eigenvalue weighted by molar-refractivity contribution is -0.125. The van der Waals surface area contributed by atoms with Gasteiger partial charge in [-0.15, -0.1) is 0 Å². The van der Waals surface area contributed by atoms with Crippen molar-refractivity contribution in [1.29, 1.82) is 0 Å². The maximum Gasteiger partial charge on any atom is 0.243 e. The number of halogens is 1. The van der Waals surface area contributed by atoms with E-state index in [4.69, 9.17) is 28.6 Å². The van der Waals surface area contributed by atoms with Crippen molar-refractivity contribution in [3.63, 3.8) is 0 Å². The molecule has 0 saturated carbocycles. The Morgan fingerprint density at radius 1 is 1.42 bits per heavy atom. The average molecular weight is 300 g/mol. The van der Waals surface area contributed by atoms with Crippen molar-refractivity contribution in [2.75, 3.05) is 18.5 Å². The lowest BCUT2D eigenvalue weighted by Gasteiger charge is -2.13. The lowest BCUT2D eigenvalue weighted by atomic mass is 10.1. The molecule has 0 radical (unpaired) electrons. The Kier molecular flexibility index (Phi) is 4.95. The van der Waals surface area contributed by atoms with E-state index in [2.05, 4.69) is 16.2 Å². The van der Waals surface area contributed by atoms with E-state index >= 15 is 0 Å². The molecule has 3 N–H and O–H groups in total. The molecule has 2 rings (SSSR count). The van der Waals surface area contributed by atoms with E-state index in [9.17, 15) is 4.79 Å². The van der Waals surface area contributed by atoms with Gasteiger partial charge in [0.15, 0.2) is 5.11 Å². The fourth-order valence-corrected chi connectivity index (χ4v) is 2.05. The lowest BCUT2D eigenvalue weighted by Crippen LogP contribution is -2.46. The molecule has 0 aromatic heterocycles. The van der Waals surface area contributed by atoms with Gasteiger partial charge in [-0.2, -0.15) is 0 Å². The second-order valence-corrected chi connectivity index (χ2v) is 4.98. The number of nitrogens with one attached hydrogen (secondary N) is 3. The van der Waals surface area contributed by atoms with E-state index in [-0.39, 0.29) is 11.8 Å². The van der Waals surface area contributed by atoms with E-state index in [1.165, 1.54) is 0 Å². The fraction of sp³-hybridized carbons (Fsp3) is 0.333. The third-order valence-corrected chi connectivity index (χ3v) is 3.12. The van der Waals surface area contributed by atoms with Gasteiger partial charge in [-0.3, -0.25) is 15.6 Å². The maximum absolute atomic E-state index is 11.7. The van der Waals surface area contributed by atoms with Crippen LogP contribution >= 0.6 is 23.8 Å². The average Bonchev–Trinajstić information content (AvgIpc) is 2.90. The molecule has 1 aliphatic heterocycles. The SMILES string of the molecule is O=C(NNC(=S)Nc1cccc(Cl)c1)C1CCOC1. The van der Waals surface area contributed by atoms with Crippen LogP contribution in [0.25, 0.3) is 0 Å². The van der Waals surface area contributed by atoms with E-state index in [0.29, 0.717) is 23.3 Å². The minimum absolute atomic E-state index is 0.110. The van der Waals surface area contributed by atoms with Gasteiger partial charge in [0.25, 0.3) is 0 Å². The number of ether oxygens (including phenoxy) is 1. The van der Waals surface area contributed by atoms with Crippen LogP contribution < -0.4 is 16.2 Å². The highest BCUT2D eigenvalue weighted by Gasteiger charge is 2.23. The predicted molar refractivity (Wildman–Crippen MR) is 77.9 cm³/mol. The van der Waals surface area contributed by atoms with Crippen molar-refractivity contribution >= 4 is 40.5 Å². The van der Waals surface area contributed by atoms with Gasteiger partial charge in [-0.25, -0.2) is 0 Å². The van der Waals surface area contributed by atoms with E-state index in [0.717, 1.165) is 12.1 Å². The summed E-state index contributed by atoms with van der Waals surface area (Å²) in [5.74, 6) is -0.228. The molecule has 1 aliphatic rings. The number of anilines is 1. The summed E-state index contributed by atoms with van der Waals surface area (Å²) in [7, 11) is 0. The van der Waals surface area contributed by atoms with Crippen molar-refractivity contribution < 1.29 is 9.53 Å². The second-order valence-electron chi connectivity index (χ2n) is 4.14. The molecular formula is C12H14ClN3O2S. The first-order valence-electron chi connectivity index (χ1n) is 5.85. The number of carbonyl (C=O) groups is 1. The molecule has 1 atom stereocenters. The zero-order valence-electron chi connectivity index (χ0n) is 10.1. The summed E-state index contributed by atoms with van der Waals surface area (Å²) in [5, 5.41) is 3.83. The van der Waals surface area contributed by atoms with Crippen molar-refractivity contribution in [2.24, 2.45) is 5.92 Å². The van der Waals surface area contributed by atoms with Crippen molar-refractivity contribution in [1.82, 2.24) is 10.9 Å². The van der Waals surface area contributed by atoms with Crippen LogP contribution in [0.15, 0.2) is 24.3 Å². The quantitative estimate of drug-likeness (QED) is 0.573. The molecule has 1 heterocycles. The van der Waals surface area contributed by atoms with Gasteiger partial charge in [-0.05, 0) is 36.8 Å².